The van der Waals surface area contributed by atoms with Crippen LogP contribution >= 0.6 is 0 Å². The first kappa shape index (κ1) is 30.1. The van der Waals surface area contributed by atoms with Crippen LogP contribution in [0.4, 0.5) is 8.78 Å². The molecule has 8 nitrogen and oxygen atoms in total. The van der Waals surface area contributed by atoms with Gasteiger partial charge in [0, 0.05) is 5.57 Å². The van der Waals surface area contributed by atoms with E-state index in [4.69, 9.17) is 9.29 Å². The molecule has 0 aliphatic heterocycles. The van der Waals surface area contributed by atoms with Gasteiger partial charge in [0.25, 0.3) is 0 Å². The Morgan fingerprint density at radius 2 is 1.41 bits per heavy atom. The summed E-state index contributed by atoms with van der Waals surface area (Å²) < 4.78 is 87.4. The van der Waals surface area contributed by atoms with E-state index in [-0.39, 0.29) is 16.7 Å². The molecule has 2 aromatic carbocycles. The molecule has 0 spiro atoms. The van der Waals surface area contributed by atoms with E-state index in [0.29, 0.717) is 11.3 Å². The highest BCUT2D eigenvalue weighted by Crippen LogP contribution is 2.40. The molecule has 0 saturated carbocycles. The van der Waals surface area contributed by atoms with E-state index in [9.17, 15) is 30.4 Å². The van der Waals surface area contributed by atoms with Crippen LogP contribution in [0.2, 0.25) is 0 Å². The van der Waals surface area contributed by atoms with Gasteiger partial charge in [-0.3, -0.25) is 4.55 Å². The molecule has 0 atom stereocenters. The number of esters is 1. The number of carbonyl (C=O) groups excluding carboxylic acids is 1. The highest BCUT2D eigenvalue weighted by molar-refractivity contribution is 8.05. The summed E-state index contributed by atoms with van der Waals surface area (Å²) in [5, 5.41) is 0. The Labute approximate surface area is 215 Å². The fraction of sp³-hybridized carbons (Fsp3) is 0.320. The Bertz CT molecular complexity index is 1390. The predicted octanol–water partition coefficient (Wildman–Crippen LogP) is 5.73. The topological polar surface area (TPSA) is 124 Å². The Hall–Kier alpha value is -3.09. The van der Waals surface area contributed by atoms with Gasteiger partial charge in [0.05, 0.1) is 0 Å². The molecule has 0 aliphatic rings. The van der Waals surface area contributed by atoms with Gasteiger partial charge in [-0.25, -0.2) is 4.79 Å². The highest BCUT2D eigenvalue weighted by atomic mass is 32.3. The molecule has 37 heavy (non-hydrogen) atoms. The monoisotopic (exact) mass is 558 g/mol. The molecule has 0 aliphatic carbocycles. The van der Waals surface area contributed by atoms with E-state index in [1.807, 2.05) is 0 Å². The molecule has 0 radical (unpaired) electrons. The van der Waals surface area contributed by atoms with Crippen molar-refractivity contribution in [2.24, 2.45) is 0 Å². The van der Waals surface area contributed by atoms with Crippen LogP contribution < -0.4 is 8.92 Å². The number of carbonyl (C=O) groups is 1. The van der Waals surface area contributed by atoms with Crippen LogP contribution in [0.5, 0.6) is 11.5 Å². The van der Waals surface area contributed by atoms with E-state index >= 15 is 0 Å². The average Bonchev–Trinajstić information content (AvgIpc) is 2.77. The average molecular weight is 559 g/mol. The lowest BCUT2D eigenvalue weighted by Crippen LogP contribution is -2.40. The van der Waals surface area contributed by atoms with Crippen molar-refractivity contribution >= 4 is 38.4 Å². The summed E-state index contributed by atoms with van der Waals surface area (Å²) in [7, 11) is -12.4. The molecule has 0 aromatic heterocycles. The van der Waals surface area contributed by atoms with Gasteiger partial charge in [0.1, 0.15) is 11.5 Å². The zero-order valence-corrected chi connectivity index (χ0v) is 22.5. The van der Waals surface area contributed by atoms with Crippen LogP contribution in [0.25, 0.3) is 12.2 Å². The van der Waals surface area contributed by atoms with Gasteiger partial charge in [-0.1, -0.05) is 58.6 Å². The molecule has 12 heteroatoms. The minimum absolute atomic E-state index is 0.239. The summed E-state index contributed by atoms with van der Waals surface area (Å²) in [6, 6.07) is 9.66. The van der Waals surface area contributed by atoms with E-state index < -0.39 is 48.4 Å². The van der Waals surface area contributed by atoms with E-state index in [2.05, 4.69) is 10.8 Å². The van der Waals surface area contributed by atoms with E-state index in [1.54, 1.807) is 64.1 Å². The maximum atomic E-state index is 14.0. The quantitative estimate of drug-likeness (QED) is 0.0979. The van der Waals surface area contributed by atoms with Crippen molar-refractivity contribution in [3.63, 3.8) is 0 Å². The second kappa shape index (κ2) is 11.1. The van der Waals surface area contributed by atoms with Crippen molar-refractivity contribution in [3.05, 3.63) is 70.8 Å². The third kappa shape index (κ3) is 7.02. The Morgan fingerprint density at radius 3 is 1.81 bits per heavy atom. The molecule has 0 amide bonds. The summed E-state index contributed by atoms with van der Waals surface area (Å²) >= 11 is 0. The zero-order chi connectivity index (χ0) is 28.3. The van der Waals surface area contributed by atoms with Crippen molar-refractivity contribution in [1.29, 1.82) is 0 Å². The van der Waals surface area contributed by atoms with Crippen LogP contribution in [0, 0.1) is 0 Å². The maximum absolute atomic E-state index is 14.0. The molecular weight excluding hydrogens is 530 g/mol. The van der Waals surface area contributed by atoms with Crippen molar-refractivity contribution in [2.75, 3.05) is 0 Å². The first-order chi connectivity index (χ1) is 16.9. The molecule has 0 fully saturated rings. The molecule has 0 saturated heterocycles. The minimum atomic E-state index is -6.30. The van der Waals surface area contributed by atoms with Crippen LogP contribution in [0.15, 0.2) is 48.6 Å². The third-order valence-corrected chi connectivity index (χ3v) is 7.92. The number of alkyl halides is 2. The van der Waals surface area contributed by atoms with Gasteiger partial charge in [0.2, 0.25) is 0 Å². The summed E-state index contributed by atoms with van der Waals surface area (Å²) in [5.41, 5.74) is 2.07. The Morgan fingerprint density at radius 1 is 0.946 bits per heavy atom. The van der Waals surface area contributed by atoms with Gasteiger partial charge in [-0.05, 0) is 65.3 Å². The van der Waals surface area contributed by atoms with E-state index in [1.165, 1.54) is 19.1 Å². The van der Waals surface area contributed by atoms with Crippen molar-refractivity contribution in [3.8, 4) is 11.5 Å². The standard InChI is InChI=1S/C25H28F2O8S2/c1-15(2)21-13-19(8-7-18-9-11-20(12-10-18)34-24(28)17(5)6)14-22(16(3)4)23(21)35-37(32,33)25(26,27)36(29,30)31/h7-16H,5H2,1-4,6H3,(H,29,30,31). The van der Waals surface area contributed by atoms with Gasteiger partial charge in [0.15, 0.2) is 0 Å². The van der Waals surface area contributed by atoms with Crippen LogP contribution in [0.1, 0.15) is 68.7 Å². The Kier molecular flexibility index (Phi) is 9.05. The van der Waals surface area contributed by atoms with Crippen molar-refractivity contribution in [1.82, 2.24) is 0 Å². The molecule has 0 heterocycles. The maximum Gasteiger partial charge on any atom is 0.506 e. The lowest BCUT2D eigenvalue weighted by atomic mass is 9.91. The number of ether oxygens (including phenoxy) is 1. The number of hydrogen-bond donors (Lipinski definition) is 1. The zero-order valence-electron chi connectivity index (χ0n) is 20.9. The number of hydrogen-bond acceptors (Lipinski definition) is 7. The van der Waals surface area contributed by atoms with Gasteiger partial charge < -0.3 is 8.92 Å². The summed E-state index contributed by atoms with van der Waals surface area (Å²) in [5.74, 6) is -1.45. The summed E-state index contributed by atoms with van der Waals surface area (Å²) in [6.07, 6.45) is 3.44. The second-order valence-electron chi connectivity index (χ2n) is 8.89. The minimum Gasteiger partial charge on any atom is -0.423 e. The summed E-state index contributed by atoms with van der Waals surface area (Å²) in [4.78, 5) is 11.6. The first-order valence-electron chi connectivity index (χ1n) is 11.0. The van der Waals surface area contributed by atoms with Crippen LogP contribution in [-0.4, -0.2) is 31.9 Å². The fourth-order valence-corrected chi connectivity index (χ4v) is 4.71. The molecule has 2 aromatic rings. The molecular formula is C25H28F2O8S2. The highest BCUT2D eigenvalue weighted by Gasteiger charge is 2.60. The molecule has 0 bridgehead atoms. The van der Waals surface area contributed by atoms with Gasteiger partial charge >= 0.3 is 30.8 Å². The largest absolute Gasteiger partial charge is 0.506 e. The Balaban J connectivity index is 2.49. The normalized spacial score (nSPS) is 12.8. The molecule has 202 valence electrons. The van der Waals surface area contributed by atoms with Crippen molar-refractivity contribution in [2.45, 2.75) is 51.0 Å². The summed E-state index contributed by atoms with van der Waals surface area (Å²) in [6.45, 7) is 11.8. The molecule has 2 rings (SSSR count). The number of benzene rings is 2. The van der Waals surface area contributed by atoms with Crippen molar-refractivity contribution < 1.29 is 43.9 Å². The fourth-order valence-electron chi connectivity index (χ4n) is 3.07. The molecule has 0 unspecified atom stereocenters. The predicted molar refractivity (Wildman–Crippen MR) is 136 cm³/mol. The van der Waals surface area contributed by atoms with Gasteiger partial charge in [-0.15, -0.1) is 0 Å². The number of rotatable bonds is 10. The third-order valence-electron chi connectivity index (χ3n) is 5.10. The van der Waals surface area contributed by atoms with Gasteiger partial charge in [-0.2, -0.15) is 25.6 Å². The SMILES string of the molecule is C=C(C)C(=O)Oc1ccc(C=Cc2cc(C(C)C)c(OS(=O)(=O)C(F)(F)S(=O)(=O)O)c(C(C)C)c2)cc1. The smallest absolute Gasteiger partial charge is 0.423 e. The second-order valence-corrected chi connectivity index (χ2v) is 12.2. The lowest BCUT2D eigenvalue weighted by molar-refractivity contribution is -0.130. The molecule has 1 N–H and O–H groups in total. The van der Waals surface area contributed by atoms with Crippen LogP contribution in [0.3, 0.4) is 0 Å². The first-order valence-corrected chi connectivity index (χ1v) is 13.8. The lowest BCUT2D eigenvalue weighted by Gasteiger charge is -2.22. The van der Waals surface area contributed by atoms with E-state index in [0.717, 1.165) is 5.56 Å². The number of halogens is 2. The van der Waals surface area contributed by atoms with Crippen LogP contribution in [-0.2, 0) is 25.0 Å².